The maximum atomic E-state index is 14.1. The summed E-state index contributed by atoms with van der Waals surface area (Å²) in [5.41, 5.74) is 6.53. The first-order valence-electron chi connectivity index (χ1n) is 13.5. The summed E-state index contributed by atoms with van der Waals surface area (Å²) in [4.78, 5) is 55.2. The molecule has 2 N–H and O–H groups in total. The Hall–Kier alpha value is -5.88. The number of nitrogens with one attached hydrogen (secondary N) is 2. The normalized spacial score (nSPS) is 14.1. The second-order valence-electron chi connectivity index (χ2n) is 10.5. The van der Waals surface area contributed by atoms with E-state index >= 15 is 0 Å². The van der Waals surface area contributed by atoms with Crippen molar-refractivity contribution in [1.82, 2.24) is 0 Å². The van der Waals surface area contributed by atoms with Crippen LogP contribution in [-0.4, -0.2) is 23.1 Å². The molecule has 0 fully saturated rings. The van der Waals surface area contributed by atoms with Gasteiger partial charge in [0.2, 0.25) is 0 Å². The molecule has 3 aliphatic rings. The van der Waals surface area contributed by atoms with Gasteiger partial charge >= 0.3 is 0 Å². The summed E-state index contributed by atoms with van der Waals surface area (Å²) in [5, 5.41) is 6.69. The van der Waals surface area contributed by atoms with Crippen molar-refractivity contribution in [2.75, 3.05) is 10.6 Å². The molecule has 0 amide bonds. The Kier molecular flexibility index (Phi) is 4.88. The molecule has 1 heterocycles. The molecule has 0 unspecified atom stereocenters. The predicted molar refractivity (Wildman–Crippen MR) is 161 cm³/mol. The number of carbonyl (C=O) groups is 4. The predicted octanol–water partition coefficient (Wildman–Crippen LogP) is 7.10. The van der Waals surface area contributed by atoms with Gasteiger partial charge in [0, 0.05) is 44.6 Å². The van der Waals surface area contributed by atoms with E-state index in [9.17, 15) is 19.2 Å². The van der Waals surface area contributed by atoms with Gasteiger partial charge in [-0.1, -0.05) is 85.4 Å². The summed E-state index contributed by atoms with van der Waals surface area (Å²) >= 11 is 0. The van der Waals surface area contributed by atoms with E-state index in [1.165, 1.54) is 0 Å². The Labute approximate surface area is 240 Å². The van der Waals surface area contributed by atoms with E-state index in [-0.39, 0.29) is 45.4 Å². The van der Waals surface area contributed by atoms with Crippen LogP contribution in [0.5, 0.6) is 0 Å². The molecule has 6 heteroatoms. The molecule has 6 nitrogen and oxygen atoms in total. The minimum absolute atomic E-state index is 0.199. The minimum atomic E-state index is -0.311. The van der Waals surface area contributed by atoms with Crippen molar-refractivity contribution in [2.45, 2.75) is 0 Å². The van der Waals surface area contributed by atoms with Gasteiger partial charge in [-0.05, 0) is 23.8 Å². The highest BCUT2D eigenvalue weighted by atomic mass is 16.1. The smallest absolute Gasteiger partial charge is 0.196 e. The number of hydrogen-bond acceptors (Lipinski definition) is 6. The number of rotatable bonds is 2. The van der Waals surface area contributed by atoms with Crippen LogP contribution in [0, 0.1) is 0 Å². The first kappa shape index (κ1) is 24.0. The van der Waals surface area contributed by atoms with E-state index in [1.54, 1.807) is 72.8 Å². The number of para-hydroxylation sites is 1. The van der Waals surface area contributed by atoms with Gasteiger partial charge < -0.3 is 10.6 Å². The molecule has 0 aromatic heterocycles. The van der Waals surface area contributed by atoms with Crippen molar-refractivity contribution in [2.24, 2.45) is 0 Å². The first-order valence-corrected chi connectivity index (χ1v) is 13.5. The third-order valence-electron chi connectivity index (χ3n) is 8.26. The monoisotopic (exact) mass is 544 g/mol. The molecule has 42 heavy (non-hydrogen) atoms. The summed E-state index contributed by atoms with van der Waals surface area (Å²) in [7, 11) is 0. The fraction of sp³-hybridized carbons (Fsp3) is 0. The quantitative estimate of drug-likeness (QED) is 0.241. The lowest BCUT2D eigenvalue weighted by atomic mass is 9.78. The third-order valence-corrected chi connectivity index (χ3v) is 8.26. The molecule has 5 aromatic rings. The van der Waals surface area contributed by atoms with E-state index in [2.05, 4.69) is 17.2 Å². The largest absolute Gasteiger partial charge is 0.354 e. The van der Waals surface area contributed by atoms with Crippen molar-refractivity contribution in [1.29, 1.82) is 0 Å². The Morgan fingerprint density at radius 3 is 1.67 bits per heavy atom. The Bertz CT molecular complexity index is 2140. The summed E-state index contributed by atoms with van der Waals surface area (Å²) in [6, 6.07) is 28.0. The maximum absolute atomic E-state index is 14.1. The Balaban J connectivity index is 1.37. The highest BCUT2D eigenvalue weighted by Gasteiger charge is 2.38. The van der Waals surface area contributed by atoms with E-state index in [0.29, 0.717) is 50.5 Å². The topological polar surface area (TPSA) is 92.3 Å². The summed E-state index contributed by atoms with van der Waals surface area (Å²) in [6.45, 7) is 4.34. The van der Waals surface area contributed by atoms with Crippen LogP contribution in [-0.2, 0) is 0 Å². The van der Waals surface area contributed by atoms with E-state index in [4.69, 9.17) is 0 Å². The van der Waals surface area contributed by atoms with Crippen LogP contribution in [0.15, 0.2) is 104 Å². The number of benzene rings is 5. The van der Waals surface area contributed by atoms with Crippen LogP contribution < -0.4 is 10.6 Å². The molecule has 8 rings (SSSR count). The summed E-state index contributed by atoms with van der Waals surface area (Å²) < 4.78 is 0. The molecular formula is C36H20N2O4. The zero-order chi connectivity index (χ0) is 28.7. The average Bonchev–Trinajstić information content (AvgIpc) is 3.02. The Morgan fingerprint density at radius 2 is 1.00 bits per heavy atom. The molecule has 0 atom stereocenters. The molecule has 0 saturated carbocycles. The Morgan fingerprint density at radius 1 is 0.476 bits per heavy atom. The molecule has 198 valence electrons. The number of fused-ring (bicyclic) bond motifs is 7. The molecule has 2 aliphatic carbocycles. The van der Waals surface area contributed by atoms with Gasteiger partial charge in [-0.15, -0.1) is 0 Å². The van der Waals surface area contributed by atoms with Gasteiger partial charge in [-0.3, -0.25) is 19.2 Å². The lowest BCUT2D eigenvalue weighted by Crippen LogP contribution is -2.26. The van der Waals surface area contributed by atoms with E-state index < -0.39 is 0 Å². The average molecular weight is 545 g/mol. The molecule has 5 aromatic carbocycles. The van der Waals surface area contributed by atoms with Crippen LogP contribution >= 0.6 is 0 Å². The standard InChI is InChI=1S/C36H20N2O4/c1-18-19-9-6-7-15-26(19)38-32-25(18)17-28(30-31(32)36(42)23-13-5-4-12-22(23)35(30)41)37-27-16-8-14-24-29(27)34(40)21-11-3-2-10-20(21)33(24)39/h2-17,37-38H,1H2. The van der Waals surface area contributed by atoms with Gasteiger partial charge in [0.1, 0.15) is 0 Å². The fourth-order valence-corrected chi connectivity index (χ4v) is 6.29. The number of carbonyl (C=O) groups excluding carboxylic acids is 4. The van der Waals surface area contributed by atoms with Gasteiger partial charge in [0.15, 0.2) is 23.1 Å². The maximum Gasteiger partial charge on any atom is 0.196 e. The van der Waals surface area contributed by atoms with Crippen LogP contribution in [0.4, 0.5) is 22.7 Å². The van der Waals surface area contributed by atoms with Crippen molar-refractivity contribution in [3.8, 4) is 0 Å². The molecule has 0 bridgehead atoms. The SMILES string of the molecule is C=C1c2ccccc2Nc2c1cc(Nc1cccc3c1C(=O)c1ccccc1C3=O)c1c2C(=O)c2ccccc2C1=O. The van der Waals surface area contributed by atoms with E-state index in [0.717, 1.165) is 11.3 Å². The van der Waals surface area contributed by atoms with Crippen LogP contribution in [0.2, 0.25) is 0 Å². The molecule has 0 saturated heterocycles. The number of hydrogen-bond donors (Lipinski definition) is 2. The van der Waals surface area contributed by atoms with Crippen LogP contribution in [0.1, 0.15) is 74.8 Å². The zero-order valence-corrected chi connectivity index (χ0v) is 22.1. The van der Waals surface area contributed by atoms with Crippen LogP contribution in [0.25, 0.3) is 5.57 Å². The highest BCUT2D eigenvalue weighted by molar-refractivity contribution is 6.34. The fourth-order valence-electron chi connectivity index (χ4n) is 6.29. The van der Waals surface area contributed by atoms with Gasteiger partial charge in [0.05, 0.1) is 33.8 Å². The molecule has 1 aliphatic heterocycles. The second kappa shape index (κ2) is 8.56. The highest BCUT2D eigenvalue weighted by Crippen LogP contribution is 2.48. The minimum Gasteiger partial charge on any atom is -0.354 e. The third kappa shape index (κ3) is 3.14. The summed E-state index contributed by atoms with van der Waals surface area (Å²) in [5.74, 6) is -1.13. The van der Waals surface area contributed by atoms with Gasteiger partial charge in [-0.2, -0.15) is 0 Å². The van der Waals surface area contributed by atoms with Crippen molar-refractivity contribution in [3.63, 3.8) is 0 Å². The lowest BCUT2D eigenvalue weighted by molar-refractivity contribution is 0.0979. The summed E-state index contributed by atoms with van der Waals surface area (Å²) in [6.07, 6.45) is 0. The van der Waals surface area contributed by atoms with Crippen molar-refractivity contribution < 1.29 is 19.2 Å². The van der Waals surface area contributed by atoms with Gasteiger partial charge in [-0.25, -0.2) is 0 Å². The number of ketones is 4. The second-order valence-corrected chi connectivity index (χ2v) is 10.5. The van der Waals surface area contributed by atoms with E-state index in [1.807, 2.05) is 24.3 Å². The molecular weight excluding hydrogens is 524 g/mol. The van der Waals surface area contributed by atoms with Crippen molar-refractivity contribution >= 4 is 51.5 Å². The van der Waals surface area contributed by atoms with Gasteiger partial charge in [0.25, 0.3) is 0 Å². The molecule has 0 spiro atoms. The molecule has 0 radical (unpaired) electrons. The zero-order valence-electron chi connectivity index (χ0n) is 22.1. The van der Waals surface area contributed by atoms with Crippen LogP contribution in [0.3, 0.4) is 0 Å². The number of anilines is 4. The first-order chi connectivity index (χ1) is 20.4. The van der Waals surface area contributed by atoms with Crippen molar-refractivity contribution in [3.05, 3.63) is 159 Å². The lowest BCUT2D eigenvalue weighted by Gasteiger charge is -2.30.